The maximum atomic E-state index is 12.8. The Morgan fingerprint density at radius 2 is 1.76 bits per heavy atom. The van der Waals surface area contributed by atoms with Gasteiger partial charge in [-0.3, -0.25) is 9.36 Å². The van der Waals surface area contributed by atoms with E-state index in [2.05, 4.69) is 10.2 Å². The van der Waals surface area contributed by atoms with Crippen LogP contribution in [0.4, 0.5) is 0 Å². The van der Waals surface area contributed by atoms with Gasteiger partial charge in [0.25, 0.3) is 0 Å². The third-order valence-corrected chi connectivity index (χ3v) is 4.98. The van der Waals surface area contributed by atoms with Gasteiger partial charge in [-0.25, -0.2) is 9.89 Å². The molecule has 7 heteroatoms. The summed E-state index contributed by atoms with van der Waals surface area (Å²) in [5.41, 5.74) is 0.744. The summed E-state index contributed by atoms with van der Waals surface area (Å²) in [6, 6.07) is 9.97. The average molecular weight is 362 g/mol. The molecule has 0 fully saturated rings. The number of nitrogens with one attached hydrogen (secondary N) is 1. The molecular weight excluding hydrogens is 336 g/mol. The van der Waals surface area contributed by atoms with Gasteiger partial charge in [0.15, 0.2) is 5.16 Å². The Balaban J connectivity index is 2.17. The van der Waals surface area contributed by atoms with Crippen molar-refractivity contribution in [2.75, 3.05) is 0 Å². The van der Waals surface area contributed by atoms with E-state index in [4.69, 9.17) is 0 Å². The highest BCUT2D eigenvalue weighted by Crippen LogP contribution is 2.23. The predicted molar refractivity (Wildman–Crippen MR) is 101 cm³/mol. The van der Waals surface area contributed by atoms with E-state index < -0.39 is 0 Å². The minimum atomic E-state index is -0.325. The van der Waals surface area contributed by atoms with Gasteiger partial charge in [-0.05, 0) is 40.2 Å². The Hall–Kier alpha value is -2.02. The van der Waals surface area contributed by atoms with Crippen molar-refractivity contribution in [3.63, 3.8) is 0 Å². The monoisotopic (exact) mass is 362 g/mol. The summed E-state index contributed by atoms with van der Waals surface area (Å²) in [7, 11) is 0. The van der Waals surface area contributed by atoms with Crippen molar-refractivity contribution in [2.45, 2.75) is 63.7 Å². The van der Waals surface area contributed by atoms with Crippen molar-refractivity contribution in [2.24, 2.45) is 0 Å². The molecule has 0 aliphatic rings. The number of hydrogen-bond donors (Lipinski definition) is 1. The molecule has 0 spiro atoms. The van der Waals surface area contributed by atoms with Gasteiger partial charge in [0.1, 0.15) is 0 Å². The molecule has 0 aliphatic carbocycles. The lowest BCUT2D eigenvalue weighted by Gasteiger charge is -2.32. The highest BCUT2D eigenvalue weighted by Gasteiger charge is 2.27. The lowest BCUT2D eigenvalue weighted by molar-refractivity contribution is -0.133. The molecular formula is C18H26N4O2S. The normalized spacial score (nSPS) is 12.6. The van der Waals surface area contributed by atoms with E-state index >= 15 is 0 Å². The van der Waals surface area contributed by atoms with Crippen molar-refractivity contribution in [3.8, 4) is 0 Å². The highest BCUT2D eigenvalue weighted by atomic mass is 32.2. The number of amides is 1. The van der Waals surface area contributed by atoms with Crippen molar-refractivity contribution in [1.82, 2.24) is 19.7 Å². The van der Waals surface area contributed by atoms with Crippen LogP contribution in [0.5, 0.6) is 0 Å². The molecule has 6 nitrogen and oxygen atoms in total. The fraction of sp³-hybridized carbons (Fsp3) is 0.500. The van der Waals surface area contributed by atoms with E-state index in [0.717, 1.165) is 5.56 Å². The molecule has 1 atom stereocenters. The molecule has 25 heavy (non-hydrogen) atoms. The standard InChI is InChI=1S/C18H26N4O2S/c1-12(2)22(13(3)4)16(23)14(5)25-18-20-19-17(24)21(18)11-15-9-7-6-8-10-15/h6-10,12-14H,11H2,1-5H3,(H,19,24). The molecule has 0 saturated carbocycles. The van der Waals surface area contributed by atoms with Gasteiger partial charge in [0.05, 0.1) is 11.8 Å². The first kappa shape index (κ1) is 19.3. The summed E-state index contributed by atoms with van der Waals surface area (Å²) in [6.07, 6.45) is 0. The number of carbonyl (C=O) groups is 1. The fourth-order valence-electron chi connectivity index (χ4n) is 2.82. The zero-order chi connectivity index (χ0) is 18.6. The van der Waals surface area contributed by atoms with E-state index in [1.54, 1.807) is 4.57 Å². The van der Waals surface area contributed by atoms with Crippen LogP contribution in [0.1, 0.15) is 40.2 Å². The van der Waals surface area contributed by atoms with Crippen molar-refractivity contribution in [3.05, 3.63) is 46.4 Å². The van der Waals surface area contributed by atoms with Gasteiger partial charge >= 0.3 is 5.69 Å². The second kappa shape index (κ2) is 8.38. The topological polar surface area (TPSA) is 71.0 Å². The molecule has 0 aliphatic heterocycles. The van der Waals surface area contributed by atoms with Crippen LogP contribution in [-0.2, 0) is 11.3 Å². The van der Waals surface area contributed by atoms with E-state index in [0.29, 0.717) is 11.7 Å². The Morgan fingerprint density at radius 3 is 2.32 bits per heavy atom. The number of aromatic amines is 1. The number of carbonyl (C=O) groups excluding carboxylic acids is 1. The molecule has 0 radical (unpaired) electrons. The van der Waals surface area contributed by atoms with E-state index in [1.165, 1.54) is 11.8 Å². The second-order valence-electron chi connectivity index (χ2n) is 6.58. The van der Waals surface area contributed by atoms with Crippen LogP contribution in [0.3, 0.4) is 0 Å². The molecule has 2 aromatic rings. The SMILES string of the molecule is CC(Sc1n[nH]c(=O)n1Cc1ccccc1)C(=O)N(C(C)C)C(C)C. The molecule has 0 saturated heterocycles. The maximum Gasteiger partial charge on any atom is 0.344 e. The maximum absolute atomic E-state index is 12.8. The van der Waals surface area contributed by atoms with Gasteiger partial charge in [0.2, 0.25) is 5.91 Å². The molecule has 1 amide bonds. The van der Waals surface area contributed by atoms with Crippen LogP contribution in [0.25, 0.3) is 0 Å². The van der Waals surface area contributed by atoms with Crippen LogP contribution >= 0.6 is 11.8 Å². The van der Waals surface area contributed by atoms with Gasteiger partial charge in [0, 0.05) is 12.1 Å². The van der Waals surface area contributed by atoms with Crippen LogP contribution in [0, 0.1) is 0 Å². The van der Waals surface area contributed by atoms with E-state index in [-0.39, 0.29) is 28.9 Å². The third kappa shape index (κ3) is 4.75. The Kier molecular flexibility index (Phi) is 6.47. The van der Waals surface area contributed by atoms with Crippen LogP contribution in [0.15, 0.2) is 40.3 Å². The first-order valence-electron chi connectivity index (χ1n) is 8.49. The van der Waals surface area contributed by atoms with Crippen LogP contribution < -0.4 is 5.69 Å². The number of aromatic nitrogens is 3. The Morgan fingerprint density at radius 1 is 1.16 bits per heavy atom. The number of benzene rings is 1. The van der Waals surface area contributed by atoms with Crippen molar-refractivity contribution >= 4 is 17.7 Å². The molecule has 2 rings (SSSR count). The lowest BCUT2D eigenvalue weighted by Crippen LogP contribution is -2.45. The quantitative estimate of drug-likeness (QED) is 0.769. The molecule has 136 valence electrons. The Labute approximate surface area is 152 Å². The van der Waals surface area contributed by atoms with E-state index in [1.807, 2.05) is 69.9 Å². The molecule has 1 N–H and O–H groups in total. The number of thioether (sulfide) groups is 1. The van der Waals surface area contributed by atoms with Gasteiger partial charge in [-0.15, -0.1) is 5.10 Å². The average Bonchev–Trinajstić information content (AvgIpc) is 2.88. The lowest BCUT2D eigenvalue weighted by atomic mass is 10.2. The van der Waals surface area contributed by atoms with E-state index in [9.17, 15) is 9.59 Å². The second-order valence-corrected chi connectivity index (χ2v) is 7.88. The summed E-state index contributed by atoms with van der Waals surface area (Å²) < 4.78 is 1.57. The van der Waals surface area contributed by atoms with Gasteiger partial charge in [-0.2, -0.15) is 0 Å². The molecule has 1 heterocycles. The minimum absolute atomic E-state index is 0.0525. The highest BCUT2D eigenvalue weighted by molar-refractivity contribution is 8.00. The molecule has 0 bridgehead atoms. The summed E-state index contributed by atoms with van der Waals surface area (Å²) in [4.78, 5) is 26.7. The van der Waals surface area contributed by atoms with Gasteiger partial charge in [-0.1, -0.05) is 42.1 Å². The summed E-state index contributed by atoms with van der Waals surface area (Å²) in [5.74, 6) is 0.0525. The smallest absolute Gasteiger partial charge is 0.337 e. The predicted octanol–water partition coefficient (Wildman–Crippen LogP) is 2.75. The van der Waals surface area contributed by atoms with Crippen molar-refractivity contribution < 1.29 is 4.79 Å². The fourth-order valence-corrected chi connectivity index (χ4v) is 3.73. The molecule has 1 aromatic heterocycles. The summed E-state index contributed by atoms with van der Waals surface area (Å²) in [5, 5.41) is 6.79. The zero-order valence-electron chi connectivity index (χ0n) is 15.4. The van der Waals surface area contributed by atoms with Crippen LogP contribution in [0.2, 0.25) is 0 Å². The largest absolute Gasteiger partial charge is 0.344 e. The third-order valence-electron chi connectivity index (χ3n) is 3.90. The van der Waals surface area contributed by atoms with Crippen LogP contribution in [-0.4, -0.2) is 42.9 Å². The Bertz CT molecular complexity index is 744. The molecule has 1 aromatic carbocycles. The zero-order valence-corrected chi connectivity index (χ0v) is 16.2. The molecule has 1 unspecified atom stereocenters. The summed E-state index contributed by atoms with van der Waals surface area (Å²) in [6.45, 7) is 10.3. The number of rotatable bonds is 7. The first-order chi connectivity index (χ1) is 11.8. The summed E-state index contributed by atoms with van der Waals surface area (Å²) >= 11 is 1.31. The number of H-pyrrole nitrogens is 1. The number of nitrogens with zero attached hydrogens (tertiary/aromatic N) is 3. The number of hydrogen-bond acceptors (Lipinski definition) is 4. The minimum Gasteiger partial charge on any atom is -0.337 e. The van der Waals surface area contributed by atoms with Gasteiger partial charge < -0.3 is 4.90 Å². The van der Waals surface area contributed by atoms with Crippen molar-refractivity contribution in [1.29, 1.82) is 0 Å². The first-order valence-corrected chi connectivity index (χ1v) is 9.37.